The first-order chi connectivity index (χ1) is 5.24. The summed E-state index contributed by atoms with van der Waals surface area (Å²) in [6.07, 6.45) is 5.02. The molecule has 11 heavy (non-hydrogen) atoms. The van der Waals surface area contributed by atoms with Crippen LogP contribution in [0.2, 0.25) is 0 Å². The van der Waals surface area contributed by atoms with Crippen molar-refractivity contribution < 1.29 is 14.9 Å². The molecule has 0 aromatic rings. The van der Waals surface area contributed by atoms with Gasteiger partial charge in [-0.25, -0.2) is 0 Å². The van der Waals surface area contributed by atoms with Gasteiger partial charge in [-0.1, -0.05) is 0 Å². The molecule has 0 saturated carbocycles. The average molecular weight is 158 g/mol. The van der Waals surface area contributed by atoms with Crippen molar-refractivity contribution in [2.75, 3.05) is 13.7 Å². The molecule has 0 fully saturated rings. The van der Waals surface area contributed by atoms with Gasteiger partial charge in [-0.05, 0) is 0 Å². The van der Waals surface area contributed by atoms with Gasteiger partial charge < -0.3 is 14.9 Å². The van der Waals surface area contributed by atoms with Crippen LogP contribution in [0.5, 0.6) is 0 Å². The SMILES string of the molecule is C#CC[C@H](C[C@H](O)CO)OC. The lowest BCUT2D eigenvalue weighted by atomic mass is 10.1. The second-order valence-corrected chi connectivity index (χ2v) is 2.34. The van der Waals surface area contributed by atoms with E-state index in [-0.39, 0.29) is 12.7 Å². The zero-order valence-corrected chi connectivity index (χ0v) is 6.66. The van der Waals surface area contributed by atoms with Crippen LogP contribution in [0.25, 0.3) is 0 Å². The van der Waals surface area contributed by atoms with Crippen LogP contribution in [-0.4, -0.2) is 36.1 Å². The van der Waals surface area contributed by atoms with Gasteiger partial charge in [0.2, 0.25) is 0 Å². The molecule has 64 valence electrons. The van der Waals surface area contributed by atoms with Gasteiger partial charge >= 0.3 is 0 Å². The second-order valence-electron chi connectivity index (χ2n) is 2.34. The van der Waals surface area contributed by atoms with E-state index >= 15 is 0 Å². The van der Waals surface area contributed by atoms with Crippen LogP contribution in [0.15, 0.2) is 0 Å². The van der Waals surface area contributed by atoms with Crippen molar-refractivity contribution in [3.05, 3.63) is 0 Å². The van der Waals surface area contributed by atoms with Crippen LogP contribution in [0.3, 0.4) is 0 Å². The molecule has 0 amide bonds. The fourth-order valence-corrected chi connectivity index (χ4v) is 0.772. The smallest absolute Gasteiger partial charge is 0.0795 e. The maximum Gasteiger partial charge on any atom is 0.0795 e. The van der Waals surface area contributed by atoms with E-state index in [9.17, 15) is 0 Å². The Labute approximate surface area is 67.0 Å². The Morgan fingerprint density at radius 1 is 1.64 bits per heavy atom. The fraction of sp³-hybridized carbons (Fsp3) is 0.750. The number of rotatable bonds is 5. The monoisotopic (exact) mass is 158 g/mol. The summed E-state index contributed by atoms with van der Waals surface area (Å²) in [7, 11) is 1.53. The summed E-state index contributed by atoms with van der Waals surface area (Å²) in [5.74, 6) is 2.43. The highest BCUT2D eigenvalue weighted by molar-refractivity contribution is 4.87. The van der Waals surface area contributed by atoms with E-state index in [2.05, 4.69) is 5.92 Å². The Kier molecular flexibility index (Phi) is 5.86. The Bertz CT molecular complexity index is 128. The van der Waals surface area contributed by atoms with E-state index in [1.165, 1.54) is 7.11 Å². The predicted molar refractivity (Wildman–Crippen MR) is 42.0 cm³/mol. The summed E-state index contributed by atoms with van der Waals surface area (Å²) in [5, 5.41) is 17.5. The molecular weight excluding hydrogens is 144 g/mol. The van der Waals surface area contributed by atoms with Crippen LogP contribution in [0.4, 0.5) is 0 Å². The minimum atomic E-state index is -0.728. The number of hydrogen-bond acceptors (Lipinski definition) is 3. The lowest BCUT2D eigenvalue weighted by molar-refractivity contribution is 0.0226. The minimum absolute atomic E-state index is 0.151. The molecule has 2 N–H and O–H groups in total. The molecule has 0 saturated heterocycles. The van der Waals surface area contributed by atoms with Gasteiger partial charge in [0.1, 0.15) is 0 Å². The van der Waals surface area contributed by atoms with E-state index in [1.807, 2.05) is 0 Å². The van der Waals surface area contributed by atoms with Gasteiger partial charge in [0, 0.05) is 20.0 Å². The fourth-order valence-electron chi connectivity index (χ4n) is 0.772. The van der Waals surface area contributed by atoms with Gasteiger partial charge in [-0.15, -0.1) is 12.3 Å². The first-order valence-corrected chi connectivity index (χ1v) is 3.49. The summed E-state index contributed by atoms with van der Waals surface area (Å²) in [6, 6.07) is 0. The molecule has 0 spiro atoms. The third kappa shape index (κ3) is 4.79. The molecule has 0 aliphatic carbocycles. The summed E-state index contributed by atoms with van der Waals surface area (Å²) in [6.45, 7) is -0.246. The normalized spacial score (nSPS) is 15.5. The summed E-state index contributed by atoms with van der Waals surface area (Å²) in [4.78, 5) is 0. The average Bonchev–Trinajstić information content (AvgIpc) is 2.03. The lowest BCUT2D eigenvalue weighted by Crippen LogP contribution is -2.22. The molecule has 0 heterocycles. The predicted octanol–water partition coefficient (Wildman–Crippen LogP) is -0.232. The van der Waals surface area contributed by atoms with Crippen molar-refractivity contribution in [1.29, 1.82) is 0 Å². The molecule has 0 aliphatic rings. The largest absolute Gasteiger partial charge is 0.394 e. The highest BCUT2D eigenvalue weighted by Crippen LogP contribution is 2.04. The van der Waals surface area contributed by atoms with Crippen molar-refractivity contribution in [2.24, 2.45) is 0 Å². The van der Waals surface area contributed by atoms with Crippen molar-refractivity contribution in [3.8, 4) is 12.3 Å². The molecule has 0 aliphatic heterocycles. The van der Waals surface area contributed by atoms with Crippen LogP contribution >= 0.6 is 0 Å². The summed E-state index contributed by atoms with van der Waals surface area (Å²) < 4.78 is 4.95. The highest BCUT2D eigenvalue weighted by atomic mass is 16.5. The molecule has 0 rings (SSSR count). The number of aliphatic hydroxyl groups excluding tert-OH is 2. The van der Waals surface area contributed by atoms with E-state index < -0.39 is 6.10 Å². The van der Waals surface area contributed by atoms with Crippen molar-refractivity contribution in [2.45, 2.75) is 25.0 Å². The van der Waals surface area contributed by atoms with Crippen LogP contribution in [0, 0.1) is 12.3 Å². The molecule has 0 aromatic heterocycles. The molecular formula is C8H14O3. The Morgan fingerprint density at radius 2 is 2.27 bits per heavy atom. The molecule has 0 bridgehead atoms. The van der Waals surface area contributed by atoms with Crippen molar-refractivity contribution in [1.82, 2.24) is 0 Å². The summed E-state index contributed by atoms with van der Waals surface area (Å²) >= 11 is 0. The quantitative estimate of drug-likeness (QED) is 0.543. The van der Waals surface area contributed by atoms with Crippen LogP contribution < -0.4 is 0 Å². The van der Waals surface area contributed by atoms with Gasteiger partial charge in [0.25, 0.3) is 0 Å². The lowest BCUT2D eigenvalue weighted by Gasteiger charge is -2.14. The first kappa shape index (κ1) is 10.4. The third-order valence-electron chi connectivity index (χ3n) is 1.42. The number of aliphatic hydroxyl groups is 2. The third-order valence-corrected chi connectivity index (χ3v) is 1.42. The molecule has 3 heteroatoms. The van der Waals surface area contributed by atoms with Crippen LogP contribution in [-0.2, 0) is 4.74 Å². The number of ether oxygens (including phenoxy) is 1. The zero-order valence-electron chi connectivity index (χ0n) is 6.66. The van der Waals surface area contributed by atoms with Crippen LogP contribution in [0.1, 0.15) is 12.8 Å². The van der Waals surface area contributed by atoms with Gasteiger partial charge in [-0.2, -0.15) is 0 Å². The summed E-state index contributed by atoms with van der Waals surface area (Å²) in [5.41, 5.74) is 0. The molecule has 2 atom stereocenters. The minimum Gasteiger partial charge on any atom is -0.394 e. The first-order valence-electron chi connectivity index (χ1n) is 3.49. The standard InChI is InChI=1S/C8H14O3/c1-3-4-8(11-2)5-7(10)6-9/h1,7-10H,4-6H2,2H3/t7-,8+/m0/s1. The van der Waals surface area contributed by atoms with Crippen molar-refractivity contribution >= 4 is 0 Å². The second kappa shape index (κ2) is 6.17. The molecule has 0 unspecified atom stereocenters. The van der Waals surface area contributed by atoms with Gasteiger partial charge in [0.15, 0.2) is 0 Å². The maximum absolute atomic E-state index is 8.99. The zero-order chi connectivity index (χ0) is 8.69. The number of hydrogen-bond donors (Lipinski definition) is 2. The van der Waals surface area contributed by atoms with E-state index in [0.717, 1.165) is 0 Å². The van der Waals surface area contributed by atoms with Crippen molar-refractivity contribution in [3.63, 3.8) is 0 Å². The topological polar surface area (TPSA) is 49.7 Å². The van der Waals surface area contributed by atoms with Gasteiger partial charge in [-0.3, -0.25) is 0 Å². The van der Waals surface area contributed by atoms with E-state index in [4.69, 9.17) is 21.4 Å². The van der Waals surface area contributed by atoms with Gasteiger partial charge in [0.05, 0.1) is 18.8 Å². The molecule has 0 radical (unpaired) electrons. The maximum atomic E-state index is 8.99. The highest BCUT2D eigenvalue weighted by Gasteiger charge is 2.11. The Balaban J connectivity index is 3.60. The Morgan fingerprint density at radius 3 is 2.64 bits per heavy atom. The van der Waals surface area contributed by atoms with E-state index in [0.29, 0.717) is 12.8 Å². The molecule has 3 nitrogen and oxygen atoms in total. The number of terminal acetylenes is 1. The van der Waals surface area contributed by atoms with E-state index in [1.54, 1.807) is 0 Å². The number of methoxy groups -OCH3 is 1. The Hall–Kier alpha value is -0.560. The molecule has 0 aromatic carbocycles.